The fourth-order valence-electron chi connectivity index (χ4n) is 2.41. The first-order valence-electron chi connectivity index (χ1n) is 6.92. The van der Waals surface area contributed by atoms with E-state index in [0.29, 0.717) is 18.0 Å². The number of halogens is 1. The molecule has 4 heteroatoms. The highest BCUT2D eigenvalue weighted by molar-refractivity contribution is 5.52. The van der Waals surface area contributed by atoms with Crippen molar-refractivity contribution in [2.75, 3.05) is 19.0 Å². The zero-order chi connectivity index (χ0) is 15.4. The van der Waals surface area contributed by atoms with Crippen LogP contribution in [-0.4, -0.2) is 13.7 Å². The lowest BCUT2D eigenvalue weighted by Crippen LogP contribution is -2.22. The highest BCUT2D eigenvalue weighted by atomic mass is 19.1. The van der Waals surface area contributed by atoms with E-state index < -0.39 is 0 Å². The third-order valence-corrected chi connectivity index (χ3v) is 3.54. The van der Waals surface area contributed by atoms with Crippen LogP contribution in [0.15, 0.2) is 36.4 Å². The number of methoxy groups -OCH3 is 1. The predicted octanol–water partition coefficient (Wildman–Crippen LogP) is 3.56. The Bertz CT molecular complexity index is 628. The molecule has 2 aromatic carbocycles. The van der Waals surface area contributed by atoms with Crippen molar-refractivity contribution < 1.29 is 9.13 Å². The third-order valence-electron chi connectivity index (χ3n) is 3.54. The molecule has 0 amide bonds. The molecule has 0 spiro atoms. The predicted molar refractivity (Wildman–Crippen MR) is 84.3 cm³/mol. The zero-order valence-corrected chi connectivity index (χ0v) is 12.6. The number of nitrogens with two attached hydrogens (primary N) is 1. The molecule has 21 heavy (non-hydrogen) atoms. The summed E-state index contributed by atoms with van der Waals surface area (Å²) >= 11 is 0. The van der Waals surface area contributed by atoms with Crippen LogP contribution in [0.4, 0.5) is 10.1 Å². The molecular formula is C17H21FN2O. The van der Waals surface area contributed by atoms with Gasteiger partial charge in [-0.3, -0.25) is 0 Å². The monoisotopic (exact) mass is 288 g/mol. The number of hydrogen-bond donors (Lipinski definition) is 2. The van der Waals surface area contributed by atoms with Gasteiger partial charge in [-0.25, -0.2) is 4.39 Å². The molecule has 0 saturated heterocycles. The van der Waals surface area contributed by atoms with Crippen LogP contribution in [0.3, 0.4) is 0 Å². The summed E-state index contributed by atoms with van der Waals surface area (Å²) < 4.78 is 19.1. The van der Waals surface area contributed by atoms with Gasteiger partial charge in [0.2, 0.25) is 0 Å². The lowest BCUT2D eigenvalue weighted by molar-refractivity contribution is 0.414. The standard InChI is InChI=1S/C17H21FN2O/c1-11-4-6-14(12(2)8-11)17(10-19)20-16-9-13(21-3)5-7-15(16)18/h4-9,17,20H,10,19H2,1-3H3. The van der Waals surface area contributed by atoms with Crippen LogP contribution in [-0.2, 0) is 0 Å². The molecule has 1 atom stereocenters. The minimum Gasteiger partial charge on any atom is -0.497 e. The number of rotatable bonds is 5. The first-order chi connectivity index (χ1) is 10.0. The SMILES string of the molecule is COc1ccc(F)c(NC(CN)c2ccc(C)cc2C)c1. The quantitative estimate of drug-likeness (QED) is 0.884. The average Bonchev–Trinajstić information content (AvgIpc) is 2.47. The van der Waals surface area contributed by atoms with Gasteiger partial charge < -0.3 is 15.8 Å². The van der Waals surface area contributed by atoms with Gasteiger partial charge in [-0.15, -0.1) is 0 Å². The Labute approximate surface area is 124 Å². The summed E-state index contributed by atoms with van der Waals surface area (Å²) in [6.07, 6.45) is 0. The van der Waals surface area contributed by atoms with Gasteiger partial charge in [-0.2, -0.15) is 0 Å². The molecule has 112 valence electrons. The van der Waals surface area contributed by atoms with E-state index in [1.165, 1.54) is 11.6 Å². The van der Waals surface area contributed by atoms with E-state index >= 15 is 0 Å². The molecule has 2 aromatic rings. The van der Waals surface area contributed by atoms with Crippen molar-refractivity contribution in [2.45, 2.75) is 19.9 Å². The summed E-state index contributed by atoms with van der Waals surface area (Å²) in [4.78, 5) is 0. The summed E-state index contributed by atoms with van der Waals surface area (Å²) in [7, 11) is 1.56. The Kier molecular flexibility index (Phi) is 4.81. The van der Waals surface area contributed by atoms with Gasteiger partial charge in [-0.1, -0.05) is 23.8 Å². The van der Waals surface area contributed by atoms with E-state index in [1.54, 1.807) is 19.2 Å². The van der Waals surface area contributed by atoms with Crippen LogP contribution in [0.25, 0.3) is 0 Å². The lowest BCUT2D eigenvalue weighted by Gasteiger charge is -2.21. The summed E-state index contributed by atoms with van der Waals surface area (Å²) in [5, 5.41) is 3.17. The maximum atomic E-state index is 13.9. The van der Waals surface area contributed by atoms with Crippen LogP contribution in [0.1, 0.15) is 22.7 Å². The molecule has 0 heterocycles. The molecule has 3 nitrogen and oxygen atoms in total. The van der Waals surface area contributed by atoms with Gasteiger partial charge in [0.25, 0.3) is 0 Å². The second-order valence-electron chi connectivity index (χ2n) is 5.14. The fourth-order valence-corrected chi connectivity index (χ4v) is 2.41. The van der Waals surface area contributed by atoms with Crippen molar-refractivity contribution in [1.82, 2.24) is 0 Å². The van der Waals surface area contributed by atoms with Gasteiger partial charge >= 0.3 is 0 Å². The minimum absolute atomic E-state index is 0.146. The molecule has 0 aliphatic carbocycles. The number of benzene rings is 2. The molecule has 0 aromatic heterocycles. The van der Waals surface area contributed by atoms with Gasteiger partial charge in [0.15, 0.2) is 0 Å². The number of ether oxygens (including phenoxy) is 1. The first-order valence-corrected chi connectivity index (χ1v) is 6.92. The Morgan fingerprint density at radius 3 is 2.57 bits per heavy atom. The maximum absolute atomic E-state index is 13.9. The molecule has 1 unspecified atom stereocenters. The average molecular weight is 288 g/mol. The van der Waals surface area contributed by atoms with Gasteiger partial charge in [0.1, 0.15) is 11.6 Å². The molecule has 0 radical (unpaired) electrons. The topological polar surface area (TPSA) is 47.3 Å². The number of nitrogens with one attached hydrogen (secondary N) is 1. The van der Waals surface area contributed by atoms with Gasteiger partial charge in [0.05, 0.1) is 18.8 Å². The summed E-state index contributed by atoms with van der Waals surface area (Å²) in [6.45, 7) is 4.46. The van der Waals surface area contributed by atoms with E-state index in [4.69, 9.17) is 10.5 Å². The van der Waals surface area contributed by atoms with E-state index in [0.717, 1.165) is 11.1 Å². The Hall–Kier alpha value is -2.07. The molecule has 0 bridgehead atoms. The van der Waals surface area contributed by atoms with Crippen molar-refractivity contribution in [3.8, 4) is 5.75 Å². The van der Waals surface area contributed by atoms with Crippen LogP contribution in [0.2, 0.25) is 0 Å². The summed E-state index contributed by atoms with van der Waals surface area (Å²) in [5.41, 5.74) is 9.67. The van der Waals surface area contributed by atoms with Gasteiger partial charge in [0, 0.05) is 12.6 Å². The zero-order valence-electron chi connectivity index (χ0n) is 12.6. The van der Waals surface area contributed by atoms with Crippen LogP contribution < -0.4 is 15.8 Å². The van der Waals surface area contributed by atoms with E-state index in [2.05, 4.69) is 11.4 Å². The normalized spacial score (nSPS) is 12.0. The largest absolute Gasteiger partial charge is 0.497 e. The highest BCUT2D eigenvalue weighted by Gasteiger charge is 2.14. The van der Waals surface area contributed by atoms with Crippen molar-refractivity contribution >= 4 is 5.69 Å². The Balaban J connectivity index is 2.30. The number of aryl methyl sites for hydroxylation is 2. The molecule has 0 saturated carbocycles. The Morgan fingerprint density at radius 2 is 1.95 bits per heavy atom. The second kappa shape index (κ2) is 6.59. The van der Waals surface area contributed by atoms with Crippen molar-refractivity contribution in [2.24, 2.45) is 5.73 Å². The van der Waals surface area contributed by atoms with E-state index in [9.17, 15) is 4.39 Å². The Morgan fingerprint density at radius 1 is 1.19 bits per heavy atom. The summed E-state index contributed by atoms with van der Waals surface area (Å²) in [5.74, 6) is 0.286. The maximum Gasteiger partial charge on any atom is 0.146 e. The second-order valence-corrected chi connectivity index (χ2v) is 5.14. The molecule has 3 N–H and O–H groups in total. The first kappa shape index (κ1) is 15.3. The molecule has 0 aliphatic heterocycles. The van der Waals surface area contributed by atoms with Crippen molar-refractivity contribution in [1.29, 1.82) is 0 Å². The number of hydrogen-bond acceptors (Lipinski definition) is 3. The van der Waals surface area contributed by atoms with Crippen molar-refractivity contribution in [3.63, 3.8) is 0 Å². The molecular weight excluding hydrogens is 267 g/mol. The lowest BCUT2D eigenvalue weighted by atomic mass is 9.99. The minimum atomic E-state index is -0.320. The molecule has 0 fully saturated rings. The fraction of sp³-hybridized carbons (Fsp3) is 0.294. The van der Waals surface area contributed by atoms with Crippen molar-refractivity contribution in [3.05, 3.63) is 58.9 Å². The van der Waals surface area contributed by atoms with Gasteiger partial charge in [-0.05, 0) is 37.1 Å². The smallest absolute Gasteiger partial charge is 0.146 e. The summed E-state index contributed by atoms with van der Waals surface area (Å²) in [6, 6.07) is 10.6. The van der Waals surface area contributed by atoms with Crippen LogP contribution in [0, 0.1) is 19.7 Å². The molecule has 0 aliphatic rings. The molecule has 2 rings (SSSR count). The number of anilines is 1. The van der Waals surface area contributed by atoms with E-state index in [-0.39, 0.29) is 11.9 Å². The van der Waals surface area contributed by atoms with Crippen LogP contribution in [0.5, 0.6) is 5.75 Å². The highest BCUT2D eigenvalue weighted by Crippen LogP contribution is 2.27. The van der Waals surface area contributed by atoms with Crippen LogP contribution >= 0.6 is 0 Å². The van der Waals surface area contributed by atoms with E-state index in [1.807, 2.05) is 26.0 Å². The third kappa shape index (κ3) is 3.52.